The van der Waals surface area contributed by atoms with Gasteiger partial charge in [-0.15, -0.1) is 0 Å². The highest BCUT2D eigenvalue weighted by Gasteiger charge is 2.36. The molecule has 1 aliphatic heterocycles. The number of nitrogens with one attached hydrogen (secondary N) is 1. The number of rotatable bonds is 4. The SMILES string of the molecule is CCN1c2cc(Cl)c(/C=C(\C#N)C(=O)NC3CCCCC3)cc2C(C)CC1(C)C. The smallest absolute Gasteiger partial charge is 0.262 e. The van der Waals surface area contributed by atoms with E-state index in [2.05, 4.69) is 50.0 Å². The Morgan fingerprint density at radius 2 is 2.03 bits per heavy atom. The van der Waals surface area contributed by atoms with E-state index < -0.39 is 0 Å². The summed E-state index contributed by atoms with van der Waals surface area (Å²) in [6.45, 7) is 9.83. The van der Waals surface area contributed by atoms with Gasteiger partial charge in [-0.3, -0.25) is 4.79 Å². The number of halogens is 1. The molecule has 1 N–H and O–H groups in total. The number of hydrogen-bond donors (Lipinski definition) is 1. The number of carbonyl (C=O) groups is 1. The second-order valence-electron chi connectivity index (χ2n) is 9.07. The Morgan fingerprint density at radius 3 is 2.66 bits per heavy atom. The van der Waals surface area contributed by atoms with Crippen molar-refractivity contribution in [3.05, 3.63) is 33.9 Å². The van der Waals surface area contributed by atoms with Crippen molar-refractivity contribution in [3.8, 4) is 6.07 Å². The van der Waals surface area contributed by atoms with Gasteiger partial charge < -0.3 is 10.2 Å². The van der Waals surface area contributed by atoms with Crippen molar-refractivity contribution in [1.29, 1.82) is 5.26 Å². The molecule has 0 spiro atoms. The van der Waals surface area contributed by atoms with Crippen LogP contribution in [0.25, 0.3) is 6.08 Å². The van der Waals surface area contributed by atoms with E-state index in [9.17, 15) is 10.1 Å². The maximum atomic E-state index is 12.6. The predicted molar refractivity (Wildman–Crippen MR) is 120 cm³/mol. The molecule has 0 aromatic heterocycles. The van der Waals surface area contributed by atoms with Crippen LogP contribution in [0.15, 0.2) is 17.7 Å². The average Bonchev–Trinajstić information content (AvgIpc) is 2.67. The van der Waals surface area contributed by atoms with E-state index in [4.69, 9.17) is 11.6 Å². The number of benzene rings is 1. The van der Waals surface area contributed by atoms with Crippen LogP contribution in [0.1, 0.15) is 83.3 Å². The van der Waals surface area contributed by atoms with Gasteiger partial charge in [-0.2, -0.15) is 5.26 Å². The van der Waals surface area contributed by atoms with Gasteiger partial charge in [-0.05, 0) is 75.3 Å². The van der Waals surface area contributed by atoms with E-state index in [-0.39, 0.29) is 23.1 Å². The zero-order chi connectivity index (χ0) is 21.2. The number of nitriles is 1. The maximum Gasteiger partial charge on any atom is 0.262 e. The summed E-state index contributed by atoms with van der Waals surface area (Å²) in [6.07, 6.45) is 8.16. The lowest BCUT2D eigenvalue weighted by Gasteiger charge is -2.47. The van der Waals surface area contributed by atoms with E-state index in [1.54, 1.807) is 6.08 Å². The summed E-state index contributed by atoms with van der Waals surface area (Å²) in [4.78, 5) is 15.0. The molecule has 1 fully saturated rings. The minimum Gasteiger partial charge on any atom is -0.366 e. The van der Waals surface area contributed by atoms with Gasteiger partial charge >= 0.3 is 0 Å². The first kappa shape index (κ1) is 21.7. The van der Waals surface area contributed by atoms with Crippen molar-refractivity contribution in [2.45, 2.75) is 83.7 Å². The Labute approximate surface area is 179 Å². The van der Waals surface area contributed by atoms with E-state index in [1.165, 1.54) is 12.0 Å². The normalized spacial score (nSPS) is 22.0. The van der Waals surface area contributed by atoms with Gasteiger partial charge in [0.25, 0.3) is 5.91 Å². The molecule has 1 unspecified atom stereocenters. The van der Waals surface area contributed by atoms with Crippen LogP contribution in [-0.4, -0.2) is 24.0 Å². The second kappa shape index (κ2) is 8.79. The molecule has 1 amide bonds. The Morgan fingerprint density at radius 1 is 1.34 bits per heavy atom. The molecule has 1 atom stereocenters. The van der Waals surface area contributed by atoms with Gasteiger partial charge in [0.15, 0.2) is 0 Å². The topological polar surface area (TPSA) is 56.1 Å². The summed E-state index contributed by atoms with van der Waals surface area (Å²) in [5, 5.41) is 13.2. The lowest BCUT2D eigenvalue weighted by atomic mass is 9.79. The number of nitrogens with zero attached hydrogens (tertiary/aromatic N) is 2. The number of anilines is 1. The predicted octanol–water partition coefficient (Wildman–Crippen LogP) is 5.81. The van der Waals surface area contributed by atoms with Crippen molar-refractivity contribution < 1.29 is 4.79 Å². The molecule has 2 aliphatic rings. The van der Waals surface area contributed by atoms with Crippen LogP contribution in [0.4, 0.5) is 5.69 Å². The van der Waals surface area contributed by atoms with Gasteiger partial charge in [0.05, 0.1) is 0 Å². The van der Waals surface area contributed by atoms with Crippen molar-refractivity contribution >= 4 is 29.3 Å². The van der Waals surface area contributed by atoms with Gasteiger partial charge in [0.1, 0.15) is 11.6 Å². The zero-order valence-electron chi connectivity index (χ0n) is 18.0. The van der Waals surface area contributed by atoms with Crippen LogP contribution < -0.4 is 10.2 Å². The van der Waals surface area contributed by atoms with Crippen molar-refractivity contribution in [1.82, 2.24) is 5.32 Å². The molecule has 0 bridgehead atoms. The largest absolute Gasteiger partial charge is 0.366 e. The van der Waals surface area contributed by atoms with Gasteiger partial charge in [-0.1, -0.05) is 37.8 Å². The zero-order valence-corrected chi connectivity index (χ0v) is 18.8. The van der Waals surface area contributed by atoms with Gasteiger partial charge in [0.2, 0.25) is 0 Å². The van der Waals surface area contributed by atoms with Crippen LogP contribution >= 0.6 is 11.6 Å². The molecule has 156 valence electrons. The summed E-state index contributed by atoms with van der Waals surface area (Å²) in [7, 11) is 0. The van der Waals surface area contributed by atoms with Crippen LogP contribution in [0.5, 0.6) is 0 Å². The molecular formula is C24H32ClN3O. The highest BCUT2D eigenvalue weighted by molar-refractivity contribution is 6.32. The van der Waals surface area contributed by atoms with E-state index in [0.29, 0.717) is 10.9 Å². The maximum absolute atomic E-state index is 12.6. The molecule has 1 aromatic carbocycles. The Balaban J connectivity index is 1.91. The van der Waals surface area contributed by atoms with E-state index in [1.807, 2.05) is 6.07 Å². The Bertz CT molecular complexity index is 846. The van der Waals surface area contributed by atoms with Crippen LogP contribution in [0, 0.1) is 11.3 Å². The summed E-state index contributed by atoms with van der Waals surface area (Å²) >= 11 is 6.61. The standard InChI is InChI=1S/C24H32ClN3O/c1-5-28-22-13-21(25)17(12-20(22)16(2)14-24(28,3)4)11-18(15-26)23(29)27-19-9-7-6-8-10-19/h11-13,16,19H,5-10,14H2,1-4H3,(H,27,29)/b18-11+. The molecule has 29 heavy (non-hydrogen) atoms. The molecular weight excluding hydrogens is 382 g/mol. The lowest BCUT2D eigenvalue weighted by molar-refractivity contribution is -0.117. The van der Waals surface area contributed by atoms with Gasteiger partial charge in [-0.25, -0.2) is 0 Å². The third-order valence-corrected chi connectivity index (χ3v) is 6.75. The Hall–Kier alpha value is -1.99. The minimum atomic E-state index is -0.294. The quantitative estimate of drug-likeness (QED) is 0.500. The van der Waals surface area contributed by atoms with E-state index >= 15 is 0 Å². The molecule has 1 aliphatic carbocycles. The van der Waals surface area contributed by atoms with E-state index in [0.717, 1.165) is 49.9 Å². The van der Waals surface area contributed by atoms with Crippen molar-refractivity contribution in [3.63, 3.8) is 0 Å². The number of fused-ring (bicyclic) bond motifs is 1. The molecule has 1 saturated carbocycles. The number of amides is 1. The summed E-state index contributed by atoms with van der Waals surface area (Å²) in [6, 6.07) is 6.30. The molecule has 1 heterocycles. The lowest BCUT2D eigenvalue weighted by Crippen LogP contribution is -2.48. The molecule has 0 radical (unpaired) electrons. The fourth-order valence-corrected chi connectivity index (χ4v) is 5.26. The Kier molecular flexibility index (Phi) is 6.58. The summed E-state index contributed by atoms with van der Waals surface area (Å²) in [5.41, 5.74) is 3.31. The van der Waals surface area contributed by atoms with Crippen LogP contribution in [0.3, 0.4) is 0 Å². The minimum absolute atomic E-state index is 0.0690. The highest BCUT2D eigenvalue weighted by Crippen LogP contribution is 2.45. The molecule has 1 aromatic rings. The number of hydrogen-bond acceptors (Lipinski definition) is 3. The first-order valence-corrected chi connectivity index (χ1v) is 11.2. The van der Waals surface area contributed by atoms with Crippen molar-refractivity contribution in [2.75, 3.05) is 11.4 Å². The van der Waals surface area contributed by atoms with Crippen molar-refractivity contribution in [2.24, 2.45) is 0 Å². The summed E-state index contributed by atoms with van der Waals surface area (Å²) < 4.78 is 0. The second-order valence-corrected chi connectivity index (χ2v) is 9.48. The molecule has 4 nitrogen and oxygen atoms in total. The third kappa shape index (κ3) is 4.61. The number of carbonyl (C=O) groups excluding carboxylic acids is 1. The fourth-order valence-electron chi connectivity index (χ4n) is 5.04. The average molecular weight is 414 g/mol. The molecule has 3 rings (SSSR count). The highest BCUT2D eigenvalue weighted by atomic mass is 35.5. The van der Waals surface area contributed by atoms with Crippen LogP contribution in [0.2, 0.25) is 5.02 Å². The molecule has 5 heteroatoms. The first-order valence-electron chi connectivity index (χ1n) is 10.8. The summed E-state index contributed by atoms with van der Waals surface area (Å²) in [5.74, 6) is 0.0892. The molecule has 0 saturated heterocycles. The van der Waals surface area contributed by atoms with Gasteiger partial charge in [0, 0.05) is 28.8 Å². The monoisotopic (exact) mass is 413 g/mol. The van der Waals surface area contributed by atoms with Crippen LogP contribution in [-0.2, 0) is 4.79 Å². The first-order chi connectivity index (χ1) is 13.8. The fraction of sp³-hybridized carbons (Fsp3) is 0.583. The third-order valence-electron chi connectivity index (χ3n) is 6.43.